The molecule has 19 heavy (non-hydrogen) atoms. The molecule has 0 aliphatic carbocycles. The van der Waals surface area contributed by atoms with E-state index in [1.54, 1.807) is 0 Å². The molecule has 102 valence electrons. The van der Waals surface area contributed by atoms with E-state index in [9.17, 15) is 4.79 Å². The van der Waals surface area contributed by atoms with Crippen molar-refractivity contribution in [1.82, 2.24) is 4.57 Å². The maximum atomic E-state index is 12.0. The third-order valence-corrected chi connectivity index (χ3v) is 3.18. The van der Waals surface area contributed by atoms with Gasteiger partial charge < -0.3 is 20.4 Å². The van der Waals surface area contributed by atoms with Crippen LogP contribution in [0.1, 0.15) is 24.2 Å². The molecule has 4 N–H and O–H groups in total. The fourth-order valence-corrected chi connectivity index (χ4v) is 2.38. The molecular weight excluding hydrogens is 242 g/mol. The minimum atomic E-state index is -0.315. The number of carbonyl (C=O) groups excluding carboxylic acids is 1. The van der Waals surface area contributed by atoms with Gasteiger partial charge in [-0.3, -0.25) is 0 Å². The van der Waals surface area contributed by atoms with Gasteiger partial charge >= 0.3 is 5.97 Å². The Bertz CT molecular complexity index is 617. The fraction of sp³-hybridized carbons (Fsp3) is 0.357. The largest absolute Gasteiger partial charge is 0.465 e. The molecule has 2 aromatic rings. The third-order valence-electron chi connectivity index (χ3n) is 3.18. The number of aryl methyl sites for hydroxylation is 1. The summed E-state index contributed by atoms with van der Waals surface area (Å²) in [4.78, 5) is 12.0. The van der Waals surface area contributed by atoms with E-state index in [-0.39, 0.29) is 5.97 Å². The highest BCUT2D eigenvalue weighted by Crippen LogP contribution is 2.32. The lowest BCUT2D eigenvalue weighted by Gasteiger charge is -2.10. The first-order chi connectivity index (χ1) is 9.13. The Morgan fingerprint density at radius 2 is 2.16 bits per heavy atom. The molecule has 0 aliphatic heterocycles. The van der Waals surface area contributed by atoms with Crippen LogP contribution in [-0.2, 0) is 11.3 Å². The lowest BCUT2D eigenvalue weighted by molar-refractivity contribution is -0.254. The normalized spacial score (nSPS) is 10.7. The molecule has 0 atom stereocenters. The van der Waals surface area contributed by atoms with Crippen molar-refractivity contribution >= 4 is 28.4 Å². The number of nitrogens with zero attached hydrogens (tertiary/aromatic N) is 1. The van der Waals surface area contributed by atoms with E-state index < -0.39 is 0 Å². The number of nitrogens with one attached hydrogen (secondary N) is 1. The average Bonchev–Trinajstić information content (AvgIpc) is 2.71. The second-order valence-electron chi connectivity index (χ2n) is 4.34. The standard InChI is InChI=1S/C14H19N3O2/c1-4-16-13-12(14(18)19-3)10-7-6-9(15)8-11(10)17(13)5-2/h6-8,16H,4-5,15H2,1-3H3/p+1. The van der Waals surface area contributed by atoms with Crippen molar-refractivity contribution in [2.45, 2.75) is 20.4 Å². The first-order valence-corrected chi connectivity index (χ1v) is 6.44. The Labute approximate surface area is 112 Å². The molecule has 1 heterocycles. The minimum absolute atomic E-state index is 0.315. The Balaban J connectivity index is 2.81. The molecule has 0 aliphatic rings. The molecule has 0 unspecified atom stereocenters. The van der Waals surface area contributed by atoms with Crippen LogP contribution in [0.3, 0.4) is 0 Å². The molecular formula is C14H20N3O2+. The van der Waals surface area contributed by atoms with Gasteiger partial charge in [0.25, 0.3) is 0 Å². The van der Waals surface area contributed by atoms with Crippen molar-refractivity contribution in [1.29, 1.82) is 0 Å². The van der Waals surface area contributed by atoms with Crippen molar-refractivity contribution in [3.8, 4) is 0 Å². The van der Waals surface area contributed by atoms with Gasteiger partial charge in [0.2, 0.25) is 0 Å². The molecule has 5 nitrogen and oxygen atoms in total. The van der Waals surface area contributed by atoms with E-state index in [0.29, 0.717) is 5.56 Å². The second-order valence-corrected chi connectivity index (χ2v) is 4.34. The lowest BCUT2D eigenvalue weighted by atomic mass is 10.1. The van der Waals surface area contributed by atoms with Crippen LogP contribution in [0.2, 0.25) is 0 Å². The van der Waals surface area contributed by atoms with Gasteiger partial charge in [0, 0.05) is 24.5 Å². The van der Waals surface area contributed by atoms with Gasteiger partial charge in [0.05, 0.1) is 12.6 Å². The number of ether oxygens (including phenoxy) is 1. The van der Waals surface area contributed by atoms with Crippen molar-refractivity contribution in [3.63, 3.8) is 0 Å². The minimum Gasteiger partial charge on any atom is -0.465 e. The predicted molar refractivity (Wildman–Crippen MR) is 75.7 cm³/mol. The summed E-state index contributed by atoms with van der Waals surface area (Å²) in [5.41, 5.74) is 6.48. The Kier molecular flexibility index (Phi) is 3.76. The van der Waals surface area contributed by atoms with E-state index in [1.165, 1.54) is 7.11 Å². The summed E-state index contributed by atoms with van der Waals surface area (Å²) in [5.74, 6) is 0.502. The molecule has 0 amide bonds. The van der Waals surface area contributed by atoms with Crippen molar-refractivity contribution in [2.24, 2.45) is 0 Å². The number of rotatable bonds is 4. The zero-order chi connectivity index (χ0) is 14.0. The van der Waals surface area contributed by atoms with Crippen LogP contribution in [0.25, 0.3) is 10.9 Å². The smallest absolute Gasteiger partial charge is 0.342 e. The number of benzene rings is 1. The SMILES string of the molecule is CCNc1c(C(=O)OC)c2ccc([NH3+])cc2n1CC. The molecule has 1 aromatic heterocycles. The number of methoxy groups -OCH3 is 1. The average molecular weight is 262 g/mol. The molecule has 0 bridgehead atoms. The lowest BCUT2D eigenvalue weighted by Crippen LogP contribution is -2.39. The van der Waals surface area contributed by atoms with E-state index in [4.69, 9.17) is 4.74 Å². The van der Waals surface area contributed by atoms with Gasteiger partial charge in [0.15, 0.2) is 0 Å². The monoisotopic (exact) mass is 262 g/mol. The molecule has 0 radical (unpaired) electrons. The zero-order valence-electron chi connectivity index (χ0n) is 11.6. The van der Waals surface area contributed by atoms with Crippen molar-refractivity contribution in [3.05, 3.63) is 23.8 Å². The maximum absolute atomic E-state index is 12.0. The van der Waals surface area contributed by atoms with Crippen LogP contribution in [-0.4, -0.2) is 24.2 Å². The molecule has 0 saturated carbocycles. The molecule has 5 heteroatoms. The first-order valence-electron chi connectivity index (χ1n) is 6.44. The van der Waals surface area contributed by atoms with E-state index in [0.717, 1.165) is 35.5 Å². The number of hydrogen-bond acceptors (Lipinski definition) is 3. The fourth-order valence-electron chi connectivity index (χ4n) is 2.38. The Hall–Kier alpha value is -2.01. The number of hydrogen-bond donors (Lipinski definition) is 2. The highest BCUT2D eigenvalue weighted by molar-refractivity contribution is 6.10. The second kappa shape index (κ2) is 5.32. The van der Waals surface area contributed by atoms with Gasteiger partial charge in [-0.1, -0.05) is 0 Å². The number of anilines is 1. The van der Waals surface area contributed by atoms with Gasteiger partial charge in [-0.05, 0) is 26.0 Å². The van der Waals surface area contributed by atoms with Crippen molar-refractivity contribution in [2.75, 3.05) is 19.0 Å². The quantitative estimate of drug-likeness (QED) is 0.825. The van der Waals surface area contributed by atoms with Crippen LogP contribution in [0.5, 0.6) is 0 Å². The summed E-state index contributed by atoms with van der Waals surface area (Å²) in [6.45, 7) is 5.58. The molecule has 1 aromatic carbocycles. The Morgan fingerprint density at radius 1 is 1.42 bits per heavy atom. The van der Waals surface area contributed by atoms with E-state index in [1.807, 2.05) is 25.1 Å². The van der Waals surface area contributed by atoms with Gasteiger partial charge in [0.1, 0.15) is 17.1 Å². The van der Waals surface area contributed by atoms with Crippen molar-refractivity contribution < 1.29 is 15.3 Å². The summed E-state index contributed by atoms with van der Waals surface area (Å²) in [6, 6.07) is 5.83. The number of esters is 1. The summed E-state index contributed by atoms with van der Waals surface area (Å²) in [6.07, 6.45) is 0. The summed E-state index contributed by atoms with van der Waals surface area (Å²) >= 11 is 0. The van der Waals surface area contributed by atoms with Crippen LogP contribution in [0, 0.1) is 0 Å². The maximum Gasteiger partial charge on any atom is 0.342 e. The molecule has 2 rings (SSSR count). The summed E-state index contributed by atoms with van der Waals surface area (Å²) < 4.78 is 6.99. The Morgan fingerprint density at radius 3 is 2.74 bits per heavy atom. The third kappa shape index (κ3) is 2.17. The number of quaternary nitrogens is 1. The number of fused-ring (bicyclic) bond motifs is 1. The van der Waals surface area contributed by atoms with Gasteiger partial charge in [-0.15, -0.1) is 0 Å². The van der Waals surface area contributed by atoms with Crippen LogP contribution < -0.4 is 11.1 Å². The van der Waals surface area contributed by atoms with E-state index >= 15 is 0 Å². The van der Waals surface area contributed by atoms with E-state index in [2.05, 4.69) is 22.5 Å². The number of aromatic nitrogens is 1. The molecule has 0 fully saturated rings. The number of carbonyl (C=O) groups is 1. The predicted octanol–water partition coefficient (Wildman–Crippen LogP) is 1.75. The van der Waals surface area contributed by atoms with Crippen LogP contribution in [0.4, 0.5) is 11.5 Å². The summed E-state index contributed by atoms with van der Waals surface area (Å²) in [5, 5.41) is 4.16. The van der Waals surface area contributed by atoms with Gasteiger partial charge in [-0.2, -0.15) is 0 Å². The van der Waals surface area contributed by atoms with Crippen LogP contribution >= 0.6 is 0 Å². The summed E-state index contributed by atoms with van der Waals surface area (Å²) in [7, 11) is 1.41. The van der Waals surface area contributed by atoms with Gasteiger partial charge in [-0.25, -0.2) is 4.79 Å². The highest BCUT2D eigenvalue weighted by Gasteiger charge is 2.22. The first kappa shape index (κ1) is 13.4. The molecule has 0 saturated heterocycles. The van der Waals surface area contributed by atoms with Crippen LogP contribution in [0.15, 0.2) is 18.2 Å². The highest BCUT2D eigenvalue weighted by atomic mass is 16.5. The molecule has 0 spiro atoms. The topological polar surface area (TPSA) is 70.9 Å². The zero-order valence-corrected chi connectivity index (χ0v) is 11.6.